The molecule has 0 aliphatic heterocycles. The van der Waals surface area contributed by atoms with E-state index in [0.29, 0.717) is 11.8 Å². The van der Waals surface area contributed by atoms with Crippen LogP contribution in [0.5, 0.6) is 0 Å². The van der Waals surface area contributed by atoms with Gasteiger partial charge in [-0.15, -0.1) is 35.6 Å². The SMILES string of the molecule is Cl.ClCc1cncc(CCl)c1. The Kier molecular flexibility index (Phi) is 5.65. The van der Waals surface area contributed by atoms with Crippen molar-refractivity contribution in [3.05, 3.63) is 29.6 Å². The van der Waals surface area contributed by atoms with E-state index >= 15 is 0 Å². The van der Waals surface area contributed by atoms with Crippen LogP contribution in [0, 0.1) is 0 Å². The molecule has 0 amide bonds. The number of aromatic nitrogens is 1. The van der Waals surface area contributed by atoms with Crippen LogP contribution in [0.15, 0.2) is 18.5 Å². The summed E-state index contributed by atoms with van der Waals surface area (Å²) in [4.78, 5) is 3.96. The molecule has 62 valence electrons. The van der Waals surface area contributed by atoms with Crippen LogP contribution >= 0.6 is 35.6 Å². The van der Waals surface area contributed by atoms with Crippen LogP contribution < -0.4 is 0 Å². The van der Waals surface area contributed by atoms with Gasteiger partial charge < -0.3 is 0 Å². The zero-order valence-electron chi connectivity index (χ0n) is 5.76. The second-order valence-corrected chi connectivity index (χ2v) is 2.50. The summed E-state index contributed by atoms with van der Waals surface area (Å²) in [6.45, 7) is 0. The Hall–Kier alpha value is 0.0200. The first-order valence-corrected chi connectivity index (χ1v) is 3.98. The van der Waals surface area contributed by atoms with E-state index in [1.807, 2.05) is 6.07 Å². The normalized spacial score (nSPS) is 8.91. The molecule has 1 aromatic heterocycles. The molecule has 0 spiro atoms. The number of halogens is 3. The van der Waals surface area contributed by atoms with Gasteiger partial charge in [-0.1, -0.05) is 6.07 Å². The van der Waals surface area contributed by atoms with Gasteiger partial charge in [0.1, 0.15) is 0 Å². The van der Waals surface area contributed by atoms with Gasteiger partial charge in [0.2, 0.25) is 0 Å². The fraction of sp³-hybridized carbons (Fsp3) is 0.286. The third kappa shape index (κ3) is 3.28. The number of pyridine rings is 1. The van der Waals surface area contributed by atoms with Crippen molar-refractivity contribution in [3.8, 4) is 0 Å². The maximum Gasteiger partial charge on any atom is 0.0489 e. The Morgan fingerprint density at radius 3 is 1.91 bits per heavy atom. The van der Waals surface area contributed by atoms with Gasteiger partial charge in [-0.3, -0.25) is 4.98 Å². The lowest BCUT2D eigenvalue weighted by atomic mass is 10.2. The molecular formula is C7H8Cl3N. The summed E-state index contributed by atoms with van der Waals surface area (Å²) in [7, 11) is 0. The van der Waals surface area contributed by atoms with Crippen LogP contribution in [0.1, 0.15) is 11.1 Å². The van der Waals surface area contributed by atoms with Crippen LogP contribution in [0.3, 0.4) is 0 Å². The molecule has 1 aromatic rings. The average Bonchev–Trinajstić information content (AvgIpc) is 2.05. The van der Waals surface area contributed by atoms with Gasteiger partial charge >= 0.3 is 0 Å². The van der Waals surface area contributed by atoms with Crippen molar-refractivity contribution in [1.29, 1.82) is 0 Å². The van der Waals surface area contributed by atoms with Gasteiger partial charge in [0.15, 0.2) is 0 Å². The molecule has 1 rings (SSSR count). The minimum Gasteiger partial charge on any atom is -0.264 e. The lowest BCUT2D eigenvalue weighted by Crippen LogP contribution is -1.84. The minimum absolute atomic E-state index is 0. The monoisotopic (exact) mass is 211 g/mol. The van der Waals surface area contributed by atoms with Crippen molar-refractivity contribution in [2.45, 2.75) is 11.8 Å². The first-order valence-electron chi connectivity index (χ1n) is 2.91. The lowest BCUT2D eigenvalue weighted by Gasteiger charge is -1.95. The van der Waals surface area contributed by atoms with Gasteiger partial charge in [-0.2, -0.15) is 0 Å². The maximum absolute atomic E-state index is 5.57. The zero-order chi connectivity index (χ0) is 7.40. The summed E-state index contributed by atoms with van der Waals surface area (Å²) >= 11 is 11.1. The predicted octanol–water partition coefficient (Wildman–Crippen LogP) is 2.98. The molecule has 0 bridgehead atoms. The Morgan fingerprint density at radius 1 is 1.09 bits per heavy atom. The van der Waals surface area contributed by atoms with E-state index in [9.17, 15) is 0 Å². The van der Waals surface area contributed by atoms with E-state index in [2.05, 4.69) is 4.98 Å². The highest BCUT2D eigenvalue weighted by molar-refractivity contribution is 6.17. The van der Waals surface area contributed by atoms with Crippen LogP contribution in [-0.4, -0.2) is 4.98 Å². The molecule has 1 heterocycles. The highest BCUT2D eigenvalue weighted by Crippen LogP contribution is 2.07. The van der Waals surface area contributed by atoms with Crippen LogP contribution in [0.25, 0.3) is 0 Å². The molecule has 0 radical (unpaired) electrons. The summed E-state index contributed by atoms with van der Waals surface area (Å²) in [5, 5.41) is 0. The Morgan fingerprint density at radius 2 is 1.55 bits per heavy atom. The summed E-state index contributed by atoms with van der Waals surface area (Å²) in [5.74, 6) is 0.995. The summed E-state index contributed by atoms with van der Waals surface area (Å²) < 4.78 is 0. The molecule has 0 N–H and O–H groups in total. The first kappa shape index (κ1) is 11.0. The van der Waals surface area contributed by atoms with E-state index in [1.54, 1.807) is 12.4 Å². The Bertz CT molecular complexity index is 195. The summed E-state index contributed by atoms with van der Waals surface area (Å²) in [6.07, 6.45) is 3.48. The Balaban J connectivity index is 0.000001000. The molecule has 0 fully saturated rings. The highest BCUT2D eigenvalue weighted by atomic mass is 35.5. The number of hydrogen-bond donors (Lipinski definition) is 0. The van der Waals surface area contributed by atoms with Gasteiger partial charge in [0, 0.05) is 24.2 Å². The Labute approximate surface area is 82.1 Å². The van der Waals surface area contributed by atoms with Crippen LogP contribution in [0.2, 0.25) is 0 Å². The largest absolute Gasteiger partial charge is 0.264 e. The molecule has 11 heavy (non-hydrogen) atoms. The fourth-order valence-corrected chi connectivity index (χ4v) is 0.980. The maximum atomic E-state index is 5.57. The first-order chi connectivity index (χ1) is 4.86. The molecule has 0 atom stereocenters. The lowest BCUT2D eigenvalue weighted by molar-refractivity contribution is 1.19. The van der Waals surface area contributed by atoms with Gasteiger partial charge in [0.25, 0.3) is 0 Å². The van der Waals surface area contributed by atoms with Gasteiger partial charge in [-0.25, -0.2) is 0 Å². The van der Waals surface area contributed by atoms with Crippen molar-refractivity contribution in [2.24, 2.45) is 0 Å². The fourth-order valence-electron chi connectivity index (χ4n) is 0.688. The molecule has 0 saturated heterocycles. The van der Waals surface area contributed by atoms with E-state index in [1.165, 1.54) is 0 Å². The third-order valence-corrected chi connectivity index (χ3v) is 1.78. The van der Waals surface area contributed by atoms with Crippen LogP contribution in [0.4, 0.5) is 0 Å². The molecule has 1 nitrogen and oxygen atoms in total. The van der Waals surface area contributed by atoms with E-state index in [-0.39, 0.29) is 12.4 Å². The van der Waals surface area contributed by atoms with Gasteiger partial charge in [0.05, 0.1) is 0 Å². The number of nitrogens with zero attached hydrogens (tertiary/aromatic N) is 1. The zero-order valence-corrected chi connectivity index (χ0v) is 8.09. The van der Waals surface area contributed by atoms with E-state index in [4.69, 9.17) is 23.2 Å². The quantitative estimate of drug-likeness (QED) is 0.687. The molecule has 0 unspecified atom stereocenters. The molecule has 0 saturated carbocycles. The minimum atomic E-state index is 0. The van der Waals surface area contributed by atoms with Crippen molar-refractivity contribution < 1.29 is 0 Å². The smallest absolute Gasteiger partial charge is 0.0489 e. The molecule has 0 aliphatic rings. The van der Waals surface area contributed by atoms with Gasteiger partial charge in [-0.05, 0) is 11.1 Å². The molecule has 4 heteroatoms. The highest BCUT2D eigenvalue weighted by Gasteiger charge is 1.92. The molecule has 0 aliphatic carbocycles. The van der Waals surface area contributed by atoms with Crippen molar-refractivity contribution in [1.82, 2.24) is 4.98 Å². The second-order valence-electron chi connectivity index (χ2n) is 1.97. The predicted molar refractivity (Wildman–Crippen MR) is 50.6 cm³/mol. The topological polar surface area (TPSA) is 12.9 Å². The number of hydrogen-bond acceptors (Lipinski definition) is 1. The third-order valence-electron chi connectivity index (χ3n) is 1.16. The number of alkyl halides is 2. The van der Waals surface area contributed by atoms with E-state index < -0.39 is 0 Å². The summed E-state index contributed by atoms with van der Waals surface area (Å²) in [6, 6.07) is 1.95. The van der Waals surface area contributed by atoms with Crippen molar-refractivity contribution in [3.63, 3.8) is 0 Å². The van der Waals surface area contributed by atoms with E-state index in [0.717, 1.165) is 11.1 Å². The molecule has 0 aromatic carbocycles. The van der Waals surface area contributed by atoms with Crippen LogP contribution in [-0.2, 0) is 11.8 Å². The standard InChI is InChI=1S/C7H7Cl2N.ClH/c8-2-6-1-7(3-9)5-10-4-6;/h1,4-5H,2-3H2;1H. The number of rotatable bonds is 2. The second kappa shape index (κ2) is 5.64. The molecular weight excluding hydrogens is 204 g/mol. The van der Waals surface area contributed by atoms with Crippen molar-refractivity contribution in [2.75, 3.05) is 0 Å². The van der Waals surface area contributed by atoms with Crippen molar-refractivity contribution >= 4 is 35.6 Å². The average molecular weight is 213 g/mol. The summed E-state index contributed by atoms with van der Waals surface area (Å²) in [5.41, 5.74) is 2.03.